The summed E-state index contributed by atoms with van der Waals surface area (Å²) in [6, 6.07) is 18.3. The molecule has 1 heterocycles. The number of rotatable bonds is 11. The number of carbonyl (C=O) groups excluding carboxylic acids is 1. The Hall–Kier alpha value is -2.62. The molecule has 0 saturated carbocycles. The van der Waals surface area contributed by atoms with Crippen molar-refractivity contribution in [3.05, 3.63) is 66.0 Å². The van der Waals surface area contributed by atoms with Crippen molar-refractivity contribution < 1.29 is 4.79 Å². The maximum Gasteiger partial charge on any atom is 0.224 e. The van der Waals surface area contributed by atoms with Crippen molar-refractivity contribution >= 4 is 16.9 Å². The van der Waals surface area contributed by atoms with E-state index in [1.165, 1.54) is 17.8 Å². The third-order valence-electron chi connectivity index (χ3n) is 5.27. The summed E-state index contributed by atoms with van der Waals surface area (Å²) in [6.45, 7) is 6.31. The second kappa shape index (κ2) is 10.8. The van der Waals surface area contributed by atoms with Crippen molar-refractivity contribution in [2.75, 3.05) is 6.54 Å². The number of nitrogens with zero attached hydrogens (tertiary/aromatic N) is 2. The van der Waals surface area contributed by atoms with Crippen LogP contribution < -0.4 is 5.32 Å². The van der Waals surface area contributed by atoms with E-state index in [2.05, 4.69) is 48.0 Å². The summed E-state index contributed by atoms with van der Waals surface area (Å²) in [5.74, 6) is 1.98. The van der Waals surface area contributed by atoms with Crippen LogP contribution in [0.3, 0.4) is 0 Å². The van der Waals surface area contributed by atoms with E-state index in [9.17, 15) is 4.79 Å². The number of carbonyl (C=O) groups is 1. The number of benzene rings is 2. The van der Waals surface area contributed by atoms with Gasteiger partial charge < -0.3 is 9.88 Å². The maximum absolute atomic E-state index is 12.0. The van der Waals surface area contributed by atoms with Crippen LogP contribution >= 0.6 is 0 Å². The average Bonchev–Trinajstić information content (AvgIpc) is 3.07. The predicted molar refractivity (Wildman–Crippen MR) is 120 cm³/mol. The smallest absolute Gasteiger partial charge is 0.224 e. The predicted octanol–water partition coefficient (Wildman–Crippen LogP) is 5.15. The highest BCUT2D eigenvalue weighted by atomic mass is 16.1. The van der Waals surface area contributed by atoms with E-state index >= 15 is 0 Å². The van der Waals surface area contributed by atoms with Crippen LogP contribution in [0.1, 0.15) is 50.9 Å². The van der Waals surface area contributed by atoms with Gasteiger partial charge in [-0.2, -0.15) is 0 Å². The number of fused-ring (bicyclic) bond motifs is 1. The molecule has 0 aliphatic heterocycles. The lowest BCUT2D eigenvalue weighted by Gasteiger charge is -2.11. The quantitative estimate of drug-likeness (QED) is 0.459. The summed E-state index contributed by atoms with van der Waals surface area (Å²) in [5.41, 5.74) is 3.40. The van der Waals surface area contributed by atoms with Crippen molar-refractivity contribution in [3.8, 4) is 0 Å². The number of hydrogen-bond acceptors (Lipinski definition) is 2. The van der Waals surface area contributed by atoms with Crippen LogP contribution in [0.25, 0.3) is 11.0 Å². The van der Waals surface area contributed by atoms with Gasteiger partial charge in [-0.15, -0.1) is 0 Å². The summed E-state index contributed by atoms with van der Waals surface area (Å²) in [6.07, 6.45) is 5.82. The number of amides is 1. The van der Waals surface area contributed by atoms with Crippen LogP contribution in [-0.4, -0.2) is 22.0 Å². The molecule has 4 nitrogen and oxygen atoms in total. The zero-order chi connectivity index (χ0) is 20.5. The topological polar surface area (TPSA) is 46.9 Å². The Balaban J connectivity index is 1.42. The second-order valence-corrected chi connectivity index (χ2v) is 8.17. The van der Waals surface area contributed by atoms with Gasteiger partial charge in [-0.05, 0) is 42.9 Å². The van der Waals surface area contributed by atoms with Gasteiger partial charge in [-0.1, -0.05) is 62.7 Å². The first-order chi connectivity index (χ1) is 14.1. The monoisotopic (exact) mass is 391 g/mol. The van der Waals surface area contributed by atoms with Gasteiger partial charge in [0.1, 0.15) is 5.82 Å². The van der Waals surface area contributed by atoms with Gasteiger partial charge in [-0.3, -0.25) is 4.79 Å². The summed E-state index contributed by atoms with van der Waals surface area (Å²) in [5, 5.41) is 3.04. The van der Waals surface area contributed by atoms with Crippen molar-refractivity contribution in [1.82, 2.24) is 14.9 Å². The second-order valence-electron chi connectivity index (χ2n) is 8.17. The van der Waals surface area contributed by atoms with Gasteiger partial charge >= 0.3 is 0 Å². The Bertz CT molecular complexity index is 899. The maximum atomic E-state index is 12.0. The van der Waals surface area contributed by atoms with Crippen LogP contribution in [0.5, 0.6) is 0 Å². The van der Waals surface area contributed by atoms with Crippen LogP contribution in [0.15, 0.2) is 54.6 Å². The van der Waals surface area contributed by atoms with Crippen LogP contribution in [0.4, 0.5) is 0 Å². The molecule has 0 fully saturated rings. The number of hydrogen-bond donors (Lipinski definition) is 1. The number of imidazole rings is 1. The highest BCUT2D eigenvalue weighted by Crippen LogP contribution is 2.19. The van der Waals surface area contributed by atoms with E-state index in [4.69, 9.17) is 4.98 Å². The fourth-order valence-electron chi connectivity index (χ4n) is 3.61. The SMILES string of the molecule is CC(C)CCn1c(CCCCCNC(=O)Cc2ccccc2)nc2ccccc21. The third kappa shape index (κ3) is 6.45. The third-order valence-corrected chi connectivity index (χ3v) is 5.27. The minimum absolute atomic E-state index is 0.103. The average molecular weight is 392 g/mol. The van der Waals surface area contributed by atoms with E-state index in [1.807, 2.05) is 30.3 Å². The molecule has 0 radical (unpaired) electrons. The first-order valence-electron chi connectivity index (χ1n) is 10.9. The molecule has 0 aliphatic rings. The van der Waals surface area contributed by atoms with Crippen molar-refractivity contribution in [2.24, 2.45) is 5.92 Å². The molecule has 0 aliphatic carbocycles. The van der Waals surface area contributed by atoms with E-state index in [1.54, 1.807) is 0 Å². The molecule has 1 aromatic heterocycles. The summed E-state index contributed by atoms with van der Waals surface area (Å²) < 4.78 is 2.40. The zero-order valence-electron chi connectivity index (χ0n) is 17.7. The van der Waals surface area contributed by atoms with Gasteiger partial charge in [0.05, 0.1) is 17.5 Å². The standard InChI is InChI=1S/C25H33N3O/c1-20(2)16-18-28-23-14-9-8-13-22(23)27-24(28)15-7-4-10-17-26-25(29)19-21-11-5-3-6-12-21/h3,5-6,8-9,11-14,20H,4,7,10,15-19H2,1-2H3,(H,26,29). The lowest BCUT2D eigenvalue weighted by molar-refractivity contribution is -0.120. The first-order valence-corrected chi connectivity index (χ1v) is 10.9. The fraction of sp³-hybridized carbons (Fsp3) is 0.440. The lowest BCUT2D eigenvalue weighted by Crippen LogP contribution is -2.26. The molecule has 2 aromatic carbocycles. The minimum Gasteiger partial charge on any atom is -0.356 e. The van der Waals surface area contributed by atoms with E-state index < -0.39 is 0 Å². The molecule has 1 amide bonds. The molecule has 3 rings (SSSR count). The van der Waals surface area contributed by atoms with Crippen molar-refractivity contribution in [1.29, 1.82) is 0 Å². The number of para-hydroxylation sites is 2. The highest BCUT2D eigenvalue weighted by molar-refractivity contribution is 5.78. The molecule has 154 valence electrons. The first kappa shape index (κ1) is 21.1. The number of unbranched alkanes of at least 4 members (excludes halogenated alkanes) is 2. The molecule has 0 saturated heterocycles. The summed E-state index contributed by atoms with van der Waals surface area (Å²) in [7, 11) is 0. The molecule has 0 unspecified atom stereocenters. The van der Waals surface area contributed by atoms with Gasteiger partial charge in [0.2, 0.25) is 5.91 Å². The van der Waals surface area contributed by atoms with E-state index in [0.29, 0.717) is 12.3 Å². The summed E-state index contributed by atoms with van der Waals surface area (Å²) in [4.78, 5) is 16.9. The molecular weight excluding hydrogens is 358 g/mol. The Morgan fingerprint density at radius 2 is 1.76 bits per heavy atom. The Labute approximate surface area is 174 Å². The lowest BCUT2D eigenvalue weighted by atomic mass is 10.1. The Morgan fingerprint density at radius 3 is 2.55 bits per heavy atom. The van der Waals surface area contributed by atoms with E-state index in [-0.39, 0.29) is 5.91 Å². The zero-order valence-corrected chi connectivity index (χ0v) is 17.7. The number of nitrogens with one attached hydrogen (secondary N) is 1. The fourth-order valence-corrected chi connectivity index (χ4v) is 3.61. The largest absolute Gasteiger partial charge is 0.356 e. The van der Waals surface area contributed by atoms with Crippen LogP contribution in [0, 0.1) is 5.92 Å². The van der Waals surface area contributed by atoms with Crippen LogP contribution in [-0.2, 0) is 24.2 Å². The minimum atomic E-state index is 0.103. The summed E-state index contributed by atoms with van der Waals surface area (Å²) >= 11 is 0. The van der Waals surface area contributed by atoms with Gasteiger partial charge in [0, 0.05) is 19.5 Å². The molecule has 0 atom stereocenters. The molecular formula is C25H33N3O. The number of aryl methyl sites for hydroxylation is 2. The highest BCUT2D eigenvalue weighted by Gasteiger charge is 2.10. The molecule has 1 N–H and O–H groups in total. The number of aromatic nitrogens is 2. The van der Waals surface area contributed by atoms with E-state index in [0.717, 1.165) is 49.9 Å². The molecule has 0 spiro atoms. The van der Waals surface area contributed by atoms with Gasteiger partial charge in [0.25, 0.3) is 0 Å². The molecule has 3 aromatic rings. The Morgan fingerprint density at radius 1 is 1.00 bits per heavy atom. The van der Waals surface area contributed by atoms with Gasteiger partial charge in [-0.25, -0.2) is 4.98 Å². The molecule has 29 heavy (non-hydrogen) atoms. The van der Waals surface area contributed by atoms with Crippen LogP contribution in [0.2, 0.25) is 0 Å². The normalized spacial score (nSPS) is 11.3. The van der Waals surface area contributed by atoms with Crippen molar-refractivity contribution in [3.63, 3.8) is 0 Å². The Kier molecular flexibility index (Phi) is 7.85. The van der Waals surface area contributed by atoms with Gasteiger partial charge in [0.15, 0.2) is 0 Å². The molecule has 0 bridgehead atoms. The molecule has 4 heteroatoms. The van der Waals surface area contributed by atoms with Crippen molar-refractivity contribution in [2.45, 2.75) is 58.9 Å².